The summed E-state index contributed by atoms with van der Waals surface area (Å²) in [5.41, 5.74) is 6.55. The molecular formula is C14H22N4O3. The Bertz CT molecular complexity index is 499. The molecule has 7 heteroatoms. The van der Waals surface area contributed by atoms with Crippen LogP contribution in [0.15, 0.2) is 6.33 Å². The van der Waals surface area contributed by atoms with Gasteiger partial charge in [-0.3, -0.25) is 4.79 Å². The number of hydrogen-bond donors (Lipinski definition) is 1. The normalized spacial score (nSPS) is 16.1. The van der Waals surface area contributed by atoms with Gasteiger partial charge in [0.25, 0.3) is 0 Å². The van der Waals surface area contributed by atoms with Crippen molar-refractivity contribution in [2.75, 3.05) is 30.8 Å². The zero-order valence-electron chi connectivity index (χ0n) is 12.7. The van der Waals surface area contributed by atoms with Crippen molar-refractivity contribution in [1.82, 2.24) is 9.97 Å². The molecule has 0 unspecified atom stereocenters. The number of piperidine rings is 1. The van der Waals surface area contributed by atoms with Gasteiger partial charge in [0.05, 0.1) is 19.1 Å². The second kappa shape index (κ2) is 6.60. The molecule has 0 radical (unpaired) electrons. The van der Waals surface area contributed by atoms with E-state index in [9.17, 15) is 4.79 Å². The third kappa shape index (κ3) is 3.53. The van der Waals surface area contributed by atoms with Crippen LogP contribution in [0, 0.1) is 5.92 Å². The fraction of sp³-hybridized carbons (Fsp3) is 0.643. The van der Waals surface area contributed by atoms with Gasteiger partial charge in [0.1, 0.15) is 12.0 Å². The molecule has 1 aromatic rings. The maximum Gasteiger partial charge on any atom is 0.308 e. The quantitative estimate of drug-likeness (QED) is 0.835. The van der Waals surface area contributed by atoms with Crippen molar-refractivity contribution in [2.24, 2.45) is 5.92 Å². The van der Waals surface area contributed by atoms with Crippen molar-refractivity contribution in [3.63, 3.8) is 0 Å². The molecule has 21 heavy (non-hydrogen) atoms. The number of hydrogen-bond acceptors (Lipinski definition) is 7. The van der Waals surface area contributed by atoms with Crippen LogP contribution in [0.3, 0.4) is 0 Å². The molecule has 2 N–H and O–H groups in total. The second-order valence-corrected chi connectivity index (χ2v) is 5.37. The third-order valence-electron chi connectivity index (χ3n) is 3.50. The summed E-state index contributed by atoms with van der Waals surface area (Å²) in [6.45, 7) is 5.26. The summed E-state index contributed by atoms with van der Waals surface area (Å²) in [5.74, 6) is 0.892. The molecule has 1 saturated heterocycles. The van der Waals surface area contributed by atoms with Crippen LogP contribution < -0.4 is 15.4 Å². The van der Waals surface area contributed by atoms with Gasteiger partial charge >= 0.3 is 5.97 Å². The Morgan fingerprint density at radius 3 is 2.62 bits per heavy atom. The van der Waals surface area contributed by atoms with Gasteiger partial charge in [-0.2, -0.15) is 4.98 Å². The molecule has 2 rings (SSSR count). The minimum Gasteiger partial charge on any atom is -0.473 e. The number of anilines is 2. The molecule has 116 valence electrons. The molecule has 0 atom stereocenters. The van der Waals surface area contributed by atoms with Gasteiger partial charge in [-0.15, -0.1) is 0 Å². The van der Waals surface area contributed by atoms with Gasteiger partial charge in [-0.05, 0) is 26.7 Å². The number of carbonyl (C=O) groups excluding carboxylic acids is 1. The number of ether oxygens (including phenoxy) is 2. The first-order valence-electron chi connectivity index (χ1n) is 7.12. The zero-order valence-corrected chi connectivity index (χ0v) is 12.7. The number of esters is 1. The van der Waals surface area contributed by atoms with Gasteiger partial charge in [0.15, 0.2) is 5.82 Å². The molecule has 2 heterocycles. The Morgan fingerprint density at radius 1 is 1.38 bits per heavy atom. The molecule has 1 fully saturated rings. The predicted molar refractivity (Wildman–Crippen MR) is 79.2 cm³/mol. The van der Waals surface area contributed by atoms with Crippen LogP contribution in [-0.2, 0) is 9.53 Å². The van der Waals surface area contributed by atoms with Crippen LogP contribution in [0.1, 0.15) is 26.7 Å². The van der Waals surface area contributed by atoms with Crippen molar-refractivity contribution in [1.29, 1.82) is 0 Å². The van der Waals surface area contributed by atoms with Crippen molar-refractivity contribution in [3.05, 3.63) is 6.33 Å². The summed E-state index contributed by atoms with van der Waals surface area (Å²) in [7, 11) is 1.42. The highest BCUT2D eigenvalue weighted by Gasteiger charge is 2.27. The predicted octanol–water partition coefficient (Wildman–Crippen LogP) is 1.24. The number of methoxy groups -OCH3 is 1. The van der Waals surface area contributed by atoms with E-state index in [1.165, 1.54) is 13.4 Å². The fourth-order valence-electron chi connectivity index (χ4n) is 2.43. The molecule has 0 spiro atoms. The maximum absolute atomic E-state index is 11.5. The average Bonchev–Trinajstić information content (AvgIpc) is 2.48. The lowest BCUT2D eigenvalue weighted by Crippen LogP contribution is -2.37. The van der Waals surface area contributed by atoms with Gasteiger partial charge in [-0.25, -0.2) is 4.98 Å². The molecule has 0 bridgehead atoms. The largest absolute Gasteiger partial charge is 0.473 e. The number of nitrogens with two attached hydrogens (primary N) is 1. The summed E-state index contributed by atoms with van der Waals surface area (Å²) in [4.78, 5) is 21.9. The Labute approximate surface area is 124 Å². The summed E-state index contributed by atoms with van der Waals surface area (Å²) >= 11 is 0. The molecule has 0 aromatic carbocycles. The lowest BCUT2D eigenvalue weighted by Gasteiger charge is -2.32. The summed E-state index contributed by atoms with van der Waals surface area (Å²) in [6, 6.07) is 0. The molecule has 1 aromatic heterocycles. The molecular weight excluding hydrogens is 272 g/mol. The average molecular weight is 294 g/mol. The monoisotopic (exact) mass is 294 g/mol. The minimum absolute atomic E-state index is 0.000103. The van der Waals surface area contributed by atoms with Crippen molar-refractivity contribution < 1.29 is 14.3 Å². The number of rotatable bonds is 4. The van der Waals surface area contributed by atoms with Crippen molar-refractivity contribution in [3.8, 4) is 5.88 Å². The molecule has 7 nitrogen and oxygen atoms in total. The van der Waals surface area contributed by atoms with E-state index >= 15 is 0 Å². The number of nitrogen functional groups attached to an aromatic ring is 1. The van der Waals surface area contributed by atoms with E-state index in [2.05, 4.69) is 14.9 Å². The summed E-state index contributed by atoms with van der Waals surface area (Å²) in [6.07, 6.45) is 2.92. The van der Waals surface area contributed by atoms with Gasteiger partial charge < -0.3 is 20.1 Å². The van der Waals surface area contributed by atoms with Gasteiger partial charge in [0.2, 0.25) is 5.88 Å². The Morgan fingerprint density at radius 2 is 2.05 bits per heavy atom. The van der Waals surface area contributed by atoms with E-state index in [1.54, 1.807) is 0 Å². The first-order valence-corrected chi connectivity index (χ1v) is 7.12. The van der Waals surface area contributed by atoms with E-state index in [4.69, 9.17) is 15.2 Å². The molecule has 0 amide bonds. The standard InChI is InChI=1S/C14H22N4O3/c1-9(2)21-13-11(15)12(16-8-17-13)18-6-4-10(5-7-18)14(19)20-3/h8-10H,4-7,15H2,1-3H3. The highest BCUT2D eigenvalue weighted by Crippen LogP contribution is 2.31. The van der Waals surface area contributed by atoms with E-state index in [1.807, 2.05) is 13.8 Å². The van der Waals surface area contributed by atoms with Crippen molar-refractivity contribution >= 4 is 17.5 Å². The SMILES string of the molecule is COC(=O)C1CCN(c2ncnc(OC(C)C)c2N)CC1. The fourth-order valence-corrected chi connectivity index (χ4v) is 2.43. The number of nitrogens with zero attached hydrogens (tertiary/aromatic N) is 3. The molecule has 0 saturated carbocycles. The molecule has 1 aliphatic heterocycles. The van der Waals surface area contributed by atoms with Gasteiger partial charge in [-0.1, -0.05) is 0 Å². The summed E-state index contributed by atoms with van der Waals surface area (Å²) < 4.78 is 10.4. The molecule has 1 aliphatic rings. The maximum atomic E-state index is 11.5. The van der Waals surface area contributed by atoms with E-state index < -0.39 is 0 Å². The van der Waals surface area contributed by atoms with E-state index in [0.29, 0.717) is 30.5 Å². The third-order valence-corrected chi connectivity index (χ3v) is 3.50. The highest BCUT2D eigenvalue weighted by atomic mass is 16.5. The number of aromatic nitrogens is 2. The second-order valence-electron chi connectivity index (χ2n) is 5.37. The van der Waals surface area contributed by atoms with Crippen LogP contribution >= 0.6 is 0 Å². The highest BCUT2D eigenvalue weighted by molar-refractivity contribution is 5.73. The Hall–Kier alpha value is -2.05. The lowest BCUT2D eigenvalue weighted by molar-refractivity contribution is -0.146. The number of carbonyl (C=O) groups is 1. The first-order chi connectivity index (χ1) is 10.0. The van der Waals surface area contributed by atoms with Crippen LogP contribution in [0.5, 0.6) is 5.88 Å². The van der Waals surface area contributed by atoms with Crippen LogP contribution in [0.4, 0.5) is 11.5 Å². The van der Waals surface area contributed by atoms with Gasteiger partial charge in [0, 0.05) is 13.1 Å². The molecule has 0 aliphatic carbocycles. The minimum atomic E-state index is -0.144. The van der Waals surface area contributed by atoms with Crippen LogP contribution in [-0.4, -0.2) is 42.2 Å². The smallest absolute Gasteiger partial charge is 0.308 e. The first kappa shape index (κ1) is 15.3. The van der Waals surface area contributed by atoms with Crippen LogP contribution in [0.2, 0.25) is 0 Å². The van der Waals surface area contributed by atoms with E-state index in [0.717, 1.165) is 12.8 Å². The van der Waals surface area contributed by atoms with Crippen LogP contribution in [0.25, 0.3) is 0 Å². The Balaban J connectivity index is 2.08. The summed E-state index contributed by atoms with van der Waals surface area (Å²) in [5, 5.41) is 0. The lowest BCUT2D eigenvalue weighted by atomic mass is 9.97. The topological polar surface area (TPSA) is 90.6 Å². The Kier molecular flexibility index (Phi) is 4.82. The van der Waals surface area contributed by atoms with E-state index in [-0.39, 0.29) is 18.0 Å². The van der Waals surface area contributed by atoms with Crippen molar-refractivity contribution in [2.45, 2.75) is 32.8 Å². The zero-order chi connectivity index (χ0) is 15.4.